The third-order valence-electron chi connectivity index (χ3n) is 3.57. The Bertz CT molecular complexity index is 761. The lowest BCUT2D eigenvalue weighted by Gasteiger charge is -2.15. The largest absolute Gasteiger partial charge is 0.356 e. The van der Waals surface area contributed by atoms with Gasteiger partial charge in [0.25, 0.3) is 0 Å². The fourth-order valence-corrected chi connectivity index (χ4v) is 2.87. The van der Waals surface area contributed by atoms with Crippen molar-refractivity contribution in [1.82, 2.24) is 30.3 Å². The van der Waals surface area contributed by atoms with Gasteiger partial charge in [-0.15, -0.1) is 11.8 Å². The second-order valence-electron chi connectivity index (χ2n) is 5.84. The predicted octanol–water partition coefficient (Wildman–Crippen LogP) is 1.38. The molecule has 1 heterocycles. The molecule has 0 radical (unpaired) electrons. The summed E-state index contributed by atoms with van der Waals surface area (Å²) in [6.45, 7) is 1.22. The number of guanidine groups is 1. The van der Waals surface area contributed by atoms with Crippen LogP contribution in [-0.4, -0.2) is 64.5 Å². The molecule has 0 aliphatic rings. The zero-order chi connectivity index (χ0) is 19.6. The van der Waals surface area contributed by atoms with Crippen LogP contribution in [0.4, 0.5) is 0 Å². The maximum Gasteiger partial charge on any atom is 0.241 e. The molecule has 0 unspecified atom stereocenters. The first-order valence-electron chi connectivity index (χ1n) is 8.39. The van der Waals surface area contributed by atoms with E-state index in [1.807, 2.05) is 31.3 Å². The average molecular weight is 410 g/mol. The molecule has 1 aromatic heterocycles. The molecule has 0 aliphatic heterocycles. The summed E-state index contributed by atoms with van der Waals surface area (Å²) in [5.74, 6) is 2.11. The maximum absolute atomic E-state index is 11.8. The zero-order valence-electron chi connectivity index (χ0n) is 15.6. The molecule has 2 N–H and O–H groups in total. The standard InChI is InChI=1S/C17H24ClN7OS/c1-24(2)16(26)11-21-17(20-10-15-22-12-23-25(15)3)19-8-9-27-14-6-4-13(18)5-7-14/h4-7,12H,8-11H2,1-3H3,(H2,19,20,21). The number of nitrogens with zero attached hydrogens (tertiary/aromatic N) is 5. The summed E-state index contributed by atoms with van der Waals surface area (Å²) in [5, 5.41) is 11.1. The number of rotatable bonds is 8. The van der Waals surface area contributed by atoms with E-state index in [4.69, 9.17) is 11.6 Å². The number of hydrogen-bond acceptors (Lipinski definition) is 5. The number of carbonyl (C=O) groups excluding carboxylic acids is 1. The van der Waals surface area contributed by atoms with E-state index in [9.17, 15) is 4.79 Å². The van der Waals surface area contributed by atoms with Gasteiger partial charge in [-0.05, 0) is 24.3 Å². The molecular weight excluding hydrogens is 386 g/mol. The molecule has 10 heteroatoms. The number of aromatic nitrogens is 3. The van der Waals surface area contributed by atoms with Crippen LogP contribution in [0, 0.1) is 0 Å². The predicted molar refractivity (Wildman–Crippen MR) is 109 cm³/mol. The first kappa shape index (κ1) is 21.0. The van der Waals surface area contributed by atoms with Gasteiger partial charge in [0.1, 0.15) is 18.7 Å². The highest BCUT2D eigenvalue weighted by Crippen LogP contribution is 2.19. The van der Waals surface area contributed by atoms with Crippen LogP contribution < -0.4 is 10.6 Å². The van der Waals surface area contributed by atoms with E-state index < -0.39 is 0 Å². The number of hydrogen-bond donors (Lipinski definition) is 2. The first-order chi connectivity index (χ1) is 13.0. The zero-order valence-corrected chi connectivity index (χ0v) is 17.2. The van der Waals surface area contributed by atoms with Crippen LogP contribution in [-0.2, 0) is 18.4 Å². The van der Waals surface area contributed by atoms with E-state index in [0.29, 0.717) is 19.0 Å². The fourth-order valence-electron chi connectivity index (χ4n) is 1.97. The van der Waals surface area contributed by atoms with Crippen molar-refractivity contribution < 1.29 is 4.79 Å². The van der Waals surface area contributed by atoms with E-state index in [1.165, 1.54) is 11.2 Å². The van der Waals surface area contributed by atoms with Crippen LogP contribution in [0.1, 0.15) is 5.82 Å². The van der Waals surface area contributed by atoms with Crippen LogP contribution >= 0.6 is 23.4 Å². The Kier molecular flexibility index (Phi) is 8.41. The summed E-state index contributed by atoms with van der Waals surface area (Å²) < 4.78 is 1.67. The Hall–Kier alpha value is -2.26. The van der Waals surface area contributed by atoms with Gasteiger partial charge in [-0.2, -0.15) is 5.10 Å². The Labute approximate surface area is 168 Å². The number of nitrogens with one attached hydrogen (secondary N) is 2. The number of likely N-dealkylation sites (N-methyl/N-ethyl adjacent to an activating group) is 1. The van der Waals surface area contributed by atoms with E-state index in [2.05, 4.69) is 25.7 Å². The van der Waals surface area contributed by atoms with Gasteiger partial charge in [-0.3, -0.25) is 9.48 Å². The summed E-state index contributed by atoms with van der Waals surface area (Å²) in [6.07, 6.45) is 1.49. The number of aliphatic imine (C=N–C) groups is 1. The molecule has 27 heavy (non-hydrogen) atoms. The molecule has 0 aliphatic carbocycles. The summed E-state index contributed by atoms with van der Waals surface area (Å²) in [4.78, 5) is 23.1. The quantitative estimate of drug-likeness (QED) is 0.296. The Balaban J connectivity index is 1.87. The van der Waals surface area contributed by atoms with E-state index in [-0.39, 0.29) is 12.5 Å². The smallest absolute Gasteiger partial charge is 0.241 e. The number of carbonyl (C=O) groups is 1. The lowest BCUT2D eigenvalue weighted by atomic mass is 10.4. The molecular formula is C17H24ClN7OS. The number of aryl methyl sites for hydroxylation is 1. The summed E-state index contributed by atoms with van der Waals surface area (Å²) in [6, 6.07) is 7.73. The van der Waals surface area contributed by atoms with Crippen molar-refractivity contribution in [3.63, 3.8) is 0 Å². The molecule has 0 atom stereocenters. The molecule has 0 saturated heterocycles. The maximum atomic E-state index is 11.8. The molecule has 0 spiro atoms. The SMILES string of the molecule is CN(C)C(=O)CNC(=NCc1ncnn1C)NCCSc1ccc(Cl)cc1. The highest BCUT2D eigenvalue weighted by molar-refractivity contribution is 7.99. The number of thioether (sulfide) groups is 1. The van der Waals surface area contributed by atoms with Crippen LogP contribution in [0.5, 0.6) is 0 Å². The van der Waals surface area contributed by atoms with Crippen LogP contribution in [0.3, 0.4) is 0 Å². The number of benzene rings is 1. The van der Waals surface area contributed by atoms with Crippen LogP contribution in [0.15, 0.2) is 40.5 Å². The molecule has 146 valence electrons. The summed E-state index contributed by atoms with van der Waals surface area (Å²) in [7, 11) is 5.25. The third-order valence-corrected chi connectivity index (χ3v) is 4.83. The highest BCUT2D eigenvalue weighted by atomic mass is 35.5. The van der Waals surface area contributed by atoms with Crippen molar-refractivity contribution >= 4 is 35.2 Å². The van der Waals surface area contributed by atoms with E-state index in [1.54, 1.807) is 30.5 Å². The van der Waals surface area contributed by atoms with Crippen molar-refractivity contribution in [3.05, 3.63) is 41.4 Å². The number of halogens is 1. The lowest BCUT2D eigenvalue weighted by molar-refractivity contribution is -0.127. The molecule has 0 saturated carbocycles. The van der Waals surface area contributed by atoms with Gasteiger partial charge in [0.2, 0.25) is 5.91 Å². The van der Waals surface area contributed by atoms with Gasteiger partial charge in [0.15, 0.2) is 5.96 Å². The summed E-state index contributed by atoms with van der Waals surface area (Å²) >= 11 is 7.61. The second kappa shape index (κ2) is 10.8. The lowest BCUT2D eigenvalue weighted by Crippen LogP contribution is -2.43. The minimum absolute atomic E-state index is 0.0290. The van der Waals surface area contributed by atoms with Gasteiger partial charge in [-0.1, -0.05) is 11.6 Å². The van der Waals surface area contributed by atoms with Gasteiger partial charge < -0.3 is 15.5 Å². The molecule has 1 amide bonds. The summed E-state index contributed by atoms with van der Waals surface area (Å²) in [5.41, 5.74) is 0. The minimum atomic E-state index is -0.0290. The van der Waals surface area contributed by atoms with Crippen molar-refractivity contribution in [2.75, 3.05) is 32.9 Å². The average Bonchev–Trinajstić information content (AvgIpc) is 3.06. The van der Waals surface area contributed by atoms with Crippen molar-refractivity contribution in [3.8, 4) is 0 Å². The molecule has 0 bridgehead atoms. The molecule has 1 aromatic carbocycles. The second-order valence-corrected chi connectivity index (χ2v) is 7.44. The normalized spacial score (nSPS) is 11.3. The van der Waals surface area contributed by atoms with Crippen LogP contribution in [0.2, 0.25) is 5.02 Å². The topological polar surface area (TPSA) is 87.4 Å². The third kappa shape index (κ3) is 7.48. The van der Waals surface area contributed by atoms with Gasteiger partial charge in [-0.25, -0.2) is 9.98 Å². The fraction of sp³-hybridized carbons (Fsp3) is 0.412. The Morgan fingerprint density at radius 3 is 2.67 bits per heavy atom. The molecule has 8 nitrogen and oxygen atoms in total. The van der Waals surface area contributed by atoms with Gasteiger partial charge >= 0.3 is 0 Å². The first-order valence-corrected chi connectivity index (χ1v) is 9.75. The van der Waals surface area contributed by atoms with E-state index in [0.717, 1.165) is 21.5 Å². The Morgan fingerprint density at radius 1 is 1.30 bits per heavy atom. The molecule has 2 rings (SSSR count). The Morgan fingerprint density at radius 2 is 2.04 bits per heavy atom. The van der Waals surface area contributed by atoms with E-state index >= 15 is 0 Å². The van der Waals surface area contributed by atoms with Crippen LogP contribution in [0.25, 0.3) is 0 Å². The molecule has 0 fully saturated rings. The van der Waals surface area contributed by atoms with Crippen molar-refractivity contribution in [1.29, 1.82) is 0 Å². The molecule has 2 aromatic rings. The minimum Gasteiger partial charge on any atom is -0.356 e. The highest BCUT2D eigenvalue weighted by Gasteiger charge is 2.07. The van der Waals surface area contributed by atoms with Gasteiger partial charge in [0, 0.05) is 43.4 Å². The van der Waals surface area contributed by atoms with Crippen molar-refractivity contribution in [2.24, 2.45) is 12.0 Å². The van der Waals surface area contributed by atoms with Gasteiger partial charge in [0.05, 0.1) is 6.54 Å². The monoisotopic (exact) mass is 409 g/mol. The number of amides is 1. The van der Waals surface area contributed by atoms with Crippen molar-refractivity contribution in [2.45, 2.75) is 11.4 Å².